The summed E-state index contributed by atoms with van der Waals surface area (Å²) >= 11 is 0. The second kappa shape index (κ2) is 3.80. The van der Waals surface area contributed by atoms with Gasteiger partial charge in [0.2, 0.25) is 0 Å². The molecule has 84 valence electrons. The van der Waals surface area contributed by atoms with Gasteiger partial charge in [0.05, 0.1) is 11.9 Å². The van der Waals surface area contributed by atoms with Crippen LogP contribution in [-0.2, 0) is 0 Å². The Hall–Kier alpha value is -2.54. The van der Waals surface area contributed by atoms with Gasteiger partial charge in [0.15, 0.2) is 0 Å². The fraction of sp³-hybridized carbons (Fsp3) is 0. The number of aromatic nitrogens is 5. The number of fused-ring (bicyclic) bond motifs is 1. The Balaban J connectivity index is 2.14. The first-order valence-corrected chi connectivity index (χ1v) is 4.99. The molecule has 1 aromatic carbocycles. The van der Waals surface area contributed by atoms with Crippen molar-refractivity contribution >= 4 is 11.7 Å². The Labute approximate surface area is 96.3 Å². The molecule has 0 saturated heterocycles. The van der Waals surface area contributed by atoms with E-state index >= 15 is 0 Å². The lowest BCUT2D eigenvalue weighted by molar-refractivity contribution is 0.828. The molecule has 0 unspecified atom stereocenters. The summed E-state index contributed by atoms with van der Waals surface area (Å²) in [4.78, 5) is 4.32. The number of nitrogens with zero attached hydrogens (tertiary/aromatic N) is 5. The van der Waals surface area contributed by atoms with Crippen LogP contribution in [0.2, 0.25) is 0 Å². The molecule has 0 aliphatic carbocycles. The Kier molecular flexibility index (Phi) is 2.16. The Morgan fingerprint density at radius 1 is 1.12 bits per heavy atom. The molecular weight excluding hydrogens is 218 g/mol. The second-order valence-electron chi connectivity index (χ2n) is 3.40. The van der Waals surface area contributed by atoms with Gasteiger partial charge in [-0.05, 0) is 0 Å². The summed E-state index contributed by atoms with van der Waals surface area (Å²) in [5.41, 5.74) is 4.13. The van der Waals surface area contributed by atoms with Gasteiger partial charge in [0.25, 0.3) is 11.7 Å². The van der Waals surface area contributed by atoms with Gasteiger partial charge in [-0.2, -0.15) is 4.52 Å². The molecule has 0 bridgehead atoms. The van der Waals surface area contributed by atoms with E-state index in [1.807, 2.05) is 30.3 Å². The van der Waals surface area contributed by atoms with Gasteiger partial charge in [-0.15, -0.1) is 15.3 Å². The molecule has 0 fully saturated rings. The van der Waals surface area contributed by atoms with Crippen LogP contribution >= 0.6 is 0 Å². The maximum atomic E-state index is 5.21. The lowest BCUT2D eigenvalue weighted by Crippen LogP contribution is -2.13. The van der Waals surface area contributed by atoms with Crippen LogP contribution < -0.4 is 11.3 Å². The van der Waals surface area contributed by atoms with Crippen LogP contribution in [0.25, 0.3) is 17.0 Å². The number of anilines is 1. The van der Waals surface area contributed by atoms with E-state index in [2.05, 4.69) is 25.7 Å². The van der Waals surface area contributed by atoms with Crippen molar-refractivity contribution in [3.8, 4) is 11.3 Å². The molecular formula is C10H9N7. The normalized spacial score (nSPS) is 10.6. The number of nitrogens with two attached hydrogens (primary N) is 1. The number of nitrogen functional groups attached to an aromatic ring is 1. The fourth-order valence-electron chi connectivity index (χ4n) is 1.52. The molecule has 2 heterocycles. The third kappa shape index (κ3) is 1.68. The van der Waals surface area contributed by atoms with Gasteiger partial charge in [-0.25, -0.2) is 10.8 Å². The Morgan fingerprint density at radius 3 is 2.71 bits per heavy atom. The summed E-state index contributed by atoms with van der Waals surface area (Å²) in [5, 5.41) is 11.7. The van der Waals surface area contributed by atoms with Gasteiger partial charge < -0.3 is 0 Å². The molecule has 0 radical (unpaired) electrons. The van der Waals surface area contributed by atoms with E-state index in [1.54, 1.807) is 6.20 Å². The van der Waals surface area contributed by atoms with Crippen molar-refractivity contribution < 1.29 is 0 Å². The molecule has 7 nitrogen and oxygen atoms in total. The van der Waals surface area contributed by atoms with E-state index in [4.69, 9.17) is 5.84 Å². The van der Waals surface area contributed by atoms with E-state index in [0.717, 1.165) is 11.3 Å². The Bertz CT molecular complexity index is 646. The first-order chi connectivity index (χ1) is 8.36. The van der Waals surface area contributed by atoms with E-state index in [0.29, 0.717) is 5.78 Å². The molecule has 0 atom stereocenters. The number of nitrogens with one attached hydrogen (secondary N) is 1. The largest absolute Gasteiger partial charge is 0.290 e. The van der Waals surface area contributed by atoms with E-state index in [9.17, 15) is 0 Å². The maximum Gasteiger partial charge on any atom is 0.274 e. The summed E-state index contributed by atoms with van der Waals surface area (Å²) in [6.07, 6.45) is 1.78. The van der Waals surface area contributed by atoms with E-state index in [-0.39, 0.29) is 5.95 Å². The molecule has 3 aromatic rings. The predicted octanol–water partition coefficient (Wildman–Crippen LogP) is 0.472. The topological polar surface area (TPSA) is 94.0 Å². The standard InChI is InChI=1S/C10H9N7/c11-13-9-14-15-10-12-8(6-17(10)16-9)7-4-2-1-3-5-7/h1-6H,11H2,(H,13,16). The van der Waals surface area contributed by atoms with Crippen LogP contribution in [-0.4, -0.2) is 24.8 Å². The number of rotatable bonds is 2. The molecule has 0 spiro atoms. The van der Waals surface area contributed by atoms with Gasteiger partial charge in [-0.3, -0.25) is 5.43 Å². The summed E-state index contributed by atoms with van der Waals surface area (Å²) in [5.74, 6) is 5.89. The van der Waals surface area contributed by atoms with Gasteiger partial charge in [-0.1, -0.05) is 30.3 Å². The van der Waals surface area contributed by atoms with Crippen molar-refractivity contribution in [3.05, 3.63) is 36.5 Å². The summed E-state index contributed by atoms with van der Waals surface area (Å²) in [6.45, 7) is 0. The minimum Gasteiger partial charge on any atom is -0.290 e. The van der Waals surface area contributed by atoms with Crippen LogP contribution in [0, 0.1) is 0 Å². The minimum atomic E-state index is 0.245. The van der Waals surface area contributed by atoms with Crippen molar-refractivity contribution in [2.75, 3.05) is 5.43 Å². The zero-order valence-electron chi connectivity index (χ0n) is 8.78. The average molecular weight is 227 g/mol. The smallest absolute Gasteiger partial charge is 0.274 e. The second-order valence-corrected chi connectivity index (χ2v) is 3.40. The number of hydrogen-bond donors (Lipinski definition) is 2. The van der Waals surface area contributed by atoms with Crippen LogP contribution in [0.4, 0.5) is 5.95 Å². The highest BCUT2D eigenvalue weighted by Crippen LogP contribution is 2.16. The number of benzene rings is 1. The third-order valence-electron chi connectivity index (χ3n) is 2.31. The van der Waals surface area contributed by atoms with Crippen LogP contribution in [0.1, 0.15) is 0 Å². The maximum absolute atomic E-state index is 5.21. The lowest BCUT2D eigenvalue weighted by Gasteiger charge is -1.94. The molecule has 0 aliphatic heterocycles. The van der Waals surface area contributed by atoms with E-state index in [1.165, 1.54) is 4.52 Å². The predicted molar refractivity (Wildman–Crippen MR) is 61.8 cm³/mol. The monoisotopic (exact) mass is 227 g/mol. The Morgan fingerprint density at radius 2 is 1.94 bits per heavy atom. The van der Waals surface area contributed by atoms with Crippen LogP contribution in [0.15, 0.2) is 36.5 Å². The zero-order chi connectivity index (χ0) is 11.7. The van der Waals surface area contributed by atoms with Gasteiger partial charge >= 0.3 is 0 Å². The van der Waals surface area contributed by atoms with Crippen molar-refractivity contribution in [1.82, 2.24) is 24.8 Å². The average Bonchev–Trinajstić information content (AvgIpc) is 2.82. The SMILES string of the molecule is NNc1nnc2nc(-c3ccccc3)cn2n1. The molecule has 3 rings (SSSR count). The molecule has 0 aliphatic rings. The van der Waals surface area contributed by atoms with Crippen molar-refractivity contribution in [2.24, 2.45) is 5.84 Å². The summed E-state index contributed by atoms with van der Waals surface area (Å²) < 4.78 is 1.53. The lowest BCUT2D eigenvalue weighted by atomic mass is 10.2. The van der Waals surface area contributed by atoms with Crippen LogP contribution in [0.3, 0.4) is 0 Å². The van der Waals surface area contributed by atoms with Gasteiger partial charge in [0.1, 0.15) is 0 Å². The molecule has 2 aromatic heterocycles. The molecule has 7 heteroatoms. The summed E-state index contributed by atoms with van der Waals surface area (Å²) in [7, 11) is 0. The first kappa shape index (κ1) is 9.67. The number of hydrazine groups is 1. The third-order valence-corrected chi connectivity index (χ3v) is 2.31. The molecule has 17 heavy (non-hydrogen) atoms. The van der Waals surface area contributed by atoms with Crippen LogP contribution in [0.5, 0.6) is 0 Å². The molecule has 3 N–H and O–H groups in total. The highest BCUT2D eigenvalue weighted by atomic mass is 15.5. The highest BCUT2D eigenvalue weighted by Gasteiger charge is 2.06. The minimum absolute atomic E-state index is 0.245. The molecule has 0 amide bonds. The quantitative estimate of drug-likeness (QED) is 0.488. The molecule has 0 saturated carbocycles. The fourth-order valence-corrected chi connectivity index (χ4v) is 1.52. The van der Waals surface area contributed by atoms with Crippen molar-refractivity contribution in [3.63, 3.8) is 0 Å². The van der Waals surface area contributed by atoms with E-state index < -0.39 is 0 Å². The van der Waals surface area contributed by atoms with Crippen molar-refractivity contribution in [1.29, 1.82) is 0 Å². The first-order valence-electron chi connectivity index (χ1n) is 4.99. The zero-order valence-corrected chi connectivity index (χ0v) is 8.78. The van der Waals surface area contributed by atoms with Crippen molar-refractivity contribution in [2.45, 2.75) is 0 Å². The number of imidazole rings is 1. The summed E-state index contributed by atoms with van der Waals surface area (Å²) in [6, 6.07) is 9.79. The number of hydrogen-bond acceptors (Lipinski definition) is 6. The van der Waals surface area contributed by atoms with Gasteiger partial charge in [0, 0.05) is 5.56 Å². The highest BCUT2D eigenvalue weighted by molar-refractivity contribution is 5.60.